The van der Waals surface area contributed by atoms with Gasteiger partial charge in [-0.2, -0.15) is 5.26 Å². The summed E-state index contributed by atoms with van der Waals surface area (Å²) in [6.45, 7) is 0.353. The molecule has 0 aliphatic carbocycles. The molecule has 0 aliphatic heterocycles. The van der Waals surface area contributed by atoms with Crippen LogP contribution in [0.25, 0.3) is 0 Å². The Morgan fingerprint density at radius 3 is 2.71 bits per heavy atom. The smallest absolute Gasteiger partial charge is 0.293 e. The normalized spacial score (nSPS) is 9.90. The second-order valence-corrected chi connectivity index (χ2v) is 5.09. The summed E-state index contributed by atoms with van der Waals surface area (Å²) in [5, 5.41) is 32.2. The molecule has 0 radical (unpaired) electrons. The number of phenolic OH excluding ortho intramolecular Hbond substituents is 1. The third-order valence-electron chi connectivity index (χ3n) is 2.82. The van der Waals surface area contributed by atoms with Gasteiger partial charge in [0.05, 0.1) is 21.0 Å². The summed E-state index contributed by atoms with van der Waals surface area (Å²) in [6, 6.07) is 11.1. The first-order chi connectivity index (χ1) is 10.0. The summed E-state index contributed by atoms with van der Waals surface area (Å²) in [5.41, 5.74) is 1.27. The standard InChI is InChI=1S/C14H10BrN3O3/c15-11-5-10(2-4-14(11)19)8-17-12-3-1-9(7-16)6-13(12)18(20)21/h1-6,17,19H,8H2. The monoisotopic (exact) mass is 347 g/mol. The van der Waals surface area contributed by atoms with Gasteiger partial charge in [-0.25, -0.2) is 0 Å². The molecule has 0 spiro atoms. The van der Waals surface area contributed by atoms with Crippen LogP contribution in [0.1, 0.15) is 11.1 Å². The zero-order chi connectivity index (χ0) is 15.4. The first kappa shape index (κ1) is 14.8. The highest BCUT2D eigenvalue weighted by atomic mass is 79.9. The van der Waals surface area contributed by atoms with E-state index in [9.17, 15) is 15.2 Å². The first-order valence-corrected chi connectivity index (χ1v) is 6.70. The zero-order valence-corrected chi connectivity index (χ0v) is 12.3. The number of nitrogens with zero attached hydrogens (tertiary/aromatic N) is 2. The Kier molecular flexibility index (Phi) is 4.40. The van der Waals surface area contributed by atoms with E-state index in [1.165, 1.54) is 24.3 Å². The fourth-order valence-electron chi connectivity index (χ4n) is 1.76. The Morgan fingerprint density at radius 2 is 2.10 bits per heavy atom. The molecule has 0 aliphatic rings. The van der Waals surface area contributed by atoms with E-state index in [-0.39, 0.29) is 17.0 Å². The third kappa shape index (κ3) is 3.49. The number of nitro groups is 1. The number of rotatable bonds is 4. The molecule has 0 amide bonds. The lowest BCUT2D eigenvalue weighted by atomic mass is 10.1. The number of hydrogen-bond acceptors (Lipinski definition) is 5. The predicted molar refractivity (Wildman–Crippen MR) is 80.9 cm³/mol. The maximum Gasteiger partial charge on any atom is 0.293 e. The quantitative estimate of drug-likeness (QED) is 0.650. The van der Waals surface area contributed by atoms with Crippen LogP contribution in [-0.2, 0) is 6.54 Å². The molecule has 2 aromatic carbocycles. The molecule has 7 heteroatoms. The number of phenols is 1. The number of nitro benzene ring substituents is 1. The van der Waals surface area contributed by atoms with Crippen molar-refractivity contribution in [2.45, 2.75) is 6.54 Å². The van der Waals surface area contributed by atoms with E-state index in [1.807, 2.05) is 6.07 Å². The Hall–Kier alpha value is -2.59. The van der Waals surface area contributed by atoms with Crippen LogP contribution >= 0.6 is 15.9 Å². The van der Waals surface area contributed by atoms with E-state index in [0.717, 1.165) is 5.56 Å². The highest BCUT2D eigenvalue weighted by molar-refractivity contribution is 9.10. The number of aromatic hydroxyl groups is 1. The SMILES string of the molecule is N#Cc1ccc(NCc2ccc(O)c(Br)c2)c([N+](=O)[O-])c1. The van der Waals surface area contributed by atoms with Gasteiger partial charge < -0.3 is 10.4 Å². The van der Waals surface area contributed by atoms with Gasteiger partial charge in [0, 0.05) is 12.6 Å². The van der Waals surface area contributed by atoms with Crippen LogP contribution in [0, 0.1) is 21.4 Å². The Balaban J connectivity index is 2.21. The molecule has 6 nitrogen and oxygen atoms in total. The highest BCUT2D eigenvalue weighted by Gasteiger charge is 2.14. The Morgan fingerprint density at radius 1 is 1.33 bits per heavy atom. The lowest BCUT2D eigenvalue weighted by Gasteiger charge is -2.08. The van der Waals surface area contributed by atoms with Crippen LogP contribution < -0.4 is 5.32 Å². The number of hydrogen-bond donors (Lipinski definition) is 2. The lowest BCUT2D eigenvalue weighted by molar-refractivity contribution is -0.384. The van der Waals surface area contributed by atoms with Crippen molar-refractivity contribution in [3.63, 3.8) is 0 Å². The van der Waals surface area contributed by atoms with Crippen LogP contribution in [0.15, 0.2) is 40.9 Å². The second kappa shape index (κ2) is 6.24. The summed E-state index contributed by atoms with van der Waals surface area (Å²) in [6.07, 6.45) is 0. The van der Waals surface area contributed by atoms with Crippen molar-refractivity contribution in [3.05, 3.63) is 62.1 Å². The van der Waals surface area contributed by atoms with Gasteiger partial charge in [-0.05, 0) is 45.8 Å². The van der Waals surface area contributed by atoms with Crippen LogP contribution in [-0.4, -0.2) is 10.0 Å². The van der Waals surface area contributed by atoms with Crippen molar-refractivity contribution in [2.24, 2.45) is 0 Å². The van der Waals surface area contributed by atoms with Gasteiger partial charge >= 0.3 is 0 Å². The molecule has 2 aromatic rings. The molecule has 0 aromatic heterocycles. The molecule has 2 rings (SSSR count). The molecule has 2 N–H and O–H groups in total. The van der Waals surface area contributed by atoms with Gasteiger partial charge in [-0.15, -0.1) is 0 Å². The second-order valence-electron chi connectivity index (χ2n) is 4.24. The third-order valence-corrected chi connectivity index (χ3v) is 3.45. The fourth-order valence-corrected chi connectivity index (χ4v) is 2.19. The van der Waals surface area contributed by atoms with Gasteiger partial charge in [0.1, 0.15) is 11.4 Å². The van der Waals surface area contributed by atoms with Gasteiger partial charge in [-0.1, -0.05) is 6.07 Å². The molecule has 0 fully saturated rings. The fraction of sp³-hybridized carbons (Fsp3) is 0.0714. The lowest BCUT2D eigenvalue weighted by Crippen LogP contribution is -2.03. The van der Waals surface area contributed by atoms with E-state index in [0.29, 0.717) is 16.7 Å². The summed E-state index contributed by atoms with van der Waals surface area (Å²) < 4.78 is 0.552. The summed E-state index contributed by atoms with van der Waals surface area (Å²) in [5.74, 6) is 0.128. The summed E-state index contributed by atoms with van der Waals surface area (Å²) >= 11 is 3.21. The van der Waals surface area contributed by atoms with Gasteiger partial charge in [0.2, 0.25) is 0 Å². The molecule has 0 saturated carbocycles. The van der Waals surface area contributed by atoms with Crippen molar-refractivity contribution in [3.8, 4) is 11.8 Å². The van der Waals surface area contributed by atoms with Crippen molar-refractivity contribution in [1.29, 1.82) is 5.26 Å². The van der Waals surface area contributed by atoms with E-state index in [1.54, 1.807) is 12.1 Å². The molecule has 0 atom stereocenters. The average Bonchev–Trinajstić information content (AvgIpc) is 2.48. The highest BCUT2D eigenvalue weighted by Crippen LogP contribution is 2.27. The summed E-state index contributed by atoms with van der Waals surface area (Å²) in [4.78, 5) is 10.5. The number of nitriles is 1. The van der Waals surface area contributed by atoms with E-state index in [4.69, 9.17) is 5.26 Å². The largest absolute Gasteiger partial charge is 0.507 e. The summed E-state index contributed by atoms with van der Waals surface area (Å²) in [7, 11) is 0. The minimum Gasteiger partial charge on any atom is -0.507 e. The minimum absolute atomic E-state index is 0.128. The topological polar surface area (TPSA) is 99.2 Å². The number of benzene rings is 2. The predicted octanol–water partition coefficient (Wildman–Crippen LogP) is 3.55. The molecule has 0 unspecified atom stereocenters. The Bertz CT molecular complexity index is 741. The zero-order valence-electron chi connectivity index (χ0n) is 10.7. The maximum atomic E-state index is 11.0. The number of nitrogens with one attached hydrogen (secondary N) is 1. The van der Waals surface area contributed by atoms with Crippen molar-refractivity contribution < 1.29 is 10.0 Å². The van der Waals surface area contributed by atoms with Crippen LogP contribution in [0.2, 0.25) is 0 Å². The van der Waals surface area contributed by atoms with Crippen molar-refractivity contribution in [2.75, 3.05) is 5.32 Å². The van der Waals surface area contributed by atoms with Gasteiger partial charge in [0.15, 0.2) is 0 Å². The minimum atomic E-state index is -0.532. The Labute approximate surface area is 128 Å². The van der Waals surface area contributed by atoms with Crippen molar-refractivity contribution >= 4 is 27.3 Å². The van der Waals surface area contributed by atoms with Crippen LogP contribution in [0.4, 0.5) is 11.4 Å². The maximum absolute atomic E-state index is 11.0. The first-order valence-electron chi connectivity index (χ1n) is 5.91. The molecule has 0 bridgehead atoms. The molecule has 0 heterocycles. The molecule has 21 heavy (non-hydrogen) atoms. The van der Waals surface area contributed by atoms with E-state index >= 15 is 0 Å². The number of anilines is 1. The van der Waals surface area contributed by atoms with Crippen LogP contribution in [0.3, 0.4) is 0 Å². The van der Waals surface area contributed by atoms with Crippen molar-refractivity contribution in [1.82, 2.24) is 0 Å². The molecule has 106 valence electrons. The number of halogens is 1. The van der Waals surface area contributed by atoms with Gasteiger partial charge in [-0.3, -0.25) is 10.1 Å². The average molecular weight is 348 g/mol. The van der Waals surface area contributed by atoms with Crippen LogP contribution in [0.5, 0.6) is 5.75 Å². The van der Waals surface area contributed by atoms with E-state index in [2.05, 4.69) is 21.2 Å². The molecule has 0 saturated heterocycles. The van der Waals surface area contributed by atoms with E-state index < -0.39 is 4.92 Å². The molecular weight excluding hydrogens is 338 g/mol. The molecular formula is C14H10BrN3O3. The van der Waals surface area contributed by atoms with Gasteiger partial charge in [0.25, 0.3) is 5.69 Å².